The molecule has 0 aliphatic heterocycles. The number of hydrogen-bond donors (Lipinski definition) is 0. The fraction of sp³-hybridized carbons (Fsp3) is 0.500. The number of pyridine rings is 1. The van der Waals surface area contributed by atoms with Gasteiger partial charge in [0, 0.05) is 31.2 Å². The number of hydrogen-bond acceptors (Lipinski definition) is 4. The molecular formula is C14H19Cl2N3O2S. The number of fused-ring (bicyclic) bond motifs is 1. The van der Waals surface area contributed by atoms with E-state index in [2.05, 4.69) is 9.88 Å². The van der Waals surface area contributed by atoms with Gasteiger partial charge in [-0.05, 0) is 19.5 Å². The maximum Gasteiger partial charge on any atom is 0.156 e. The summed E-state index contributed by atoms with van der Waals surface area (Å²) in [6, 6.07) is 1.57. The molecule has 0 saturated carbocycles. The highest BCUT2D eigenvalue weighted by Crippen LogP contribution is 2.22. The quantitative estimate of drug-likeness (QED) is 0.791. The number of halogens is 2. The minimum atomic E-state index is -3.01. The van der Waals surface area contributed by atoms with Gasteiger partial charge < -0.3 is 4.40 Å². The number of nitrogens with zero attached hydrogens (tertiary/aromatic N) is 3. The molecule has 2 aromatic heterocycles. The smallest absolute Gasteiger partial charge is 0.156 e. The molecule has 1 unspecified atom stereocenters. The zero-order valence-electron chi connectivity index (χ0n) is 12.8. The maximum atomic E-state index is 11.5. The lowest BCUT2D eigenvalue weighted by molar-refractivity contribution is 0.224. The minimum absolute atomic E-state index is 0.0797. The Morgan fingerprint density at radius 1 is 1.36 bits per heavy atom. The maximum absolute atomic E-state index is 11.5. The average molecular weight is 364 g/mol. The second-order valence-electron chi connectivity index (χ2n) is 5.47. The van der Waals surface area contributed by atoms with E-state index in [9.17, 15) is 8.42 Å². The van der Waals surface area contributed by atoms with E-state index in [0.717, 1.165) is 12.2 Å². The standard InChI is InChI=1S/C14H19Cl2N3O2S/c1-4-18(10(2)9-22(3,20)21)7-12-8-19-6-11(15)5-13(16)14(19)17-12/h5-6,8,10H,4,7,9H2,1-3H3. The molecule has 2 aromatic rings. The summed E-state index contributed by atoms with van der Waals surface area (Å²) in [6.45, 7) is 5.20. The van der Waals surface area contributed by atoms with Crippen molar-refractivity contribution in [3.8, 4) is 0 Å². The molecule has 8 heteroatoms. The third-order valence-electron chi connectivity index (χ3n) is 3.46. The topological polar surface area (TPSA) is 54.7 Å². The number of rotatable bonds is 6. The SMILES string of the molecule is CCN(Cc1cn2cc(Cl)cc(Cl)c2n1)C(C)CS(C)(=O)=O. The van der Waals surface area contributed by atoms with Crippen LogP contribution in [-0.4, -0.2) is 47.3 Å². The van der Waals surface area contributed by atoms with Crippen LogP contribution in [0.25, 0.3) is 5.65 Å². The van der Waals surface area contributed by atoms with E-state index in [1.165, 1.54) is 6.26 Å². The van der Waals surface area contributed by atoms with Crippen LogP contribution >= 0.6 is 23.2 Å². The monoisotopic (exact) mass is 363 g/mol. The lowest BCUT2D eigenvalue weighted by Gasteiger charge is -2.26. The third kappa shape index (κ3) is 4.35. The van der Waals surface area contributed by atoms with Crippen LogP contribution in [0, 0.1) is 0 Å². The summed E-state index contributed by atoms with van der Waals surface area (Å²) in [5.41, 5.74) is 1.47. The lowest BCUT2D eigenvalue weighted by Crippen LogP contribution is -2.37. The molecule has 0 N–H and O–H groups in total. The van der Waals surface area contributed by atoms with Crippen LogP contribution in [0.4, 0.5) is 0 Å². The predicted octanol–water partition coefficient (Wildman–Crippen LogP) is 2.90. The minimum Gasteiger partial charge on any atom is -0.304 e. The first kappa shape index (κ1) is 17.5. The zero-order valence-corrected chi connectivity index (χ0v) is 15.1. The molecule has 2 rings (SSSR count). The summed E-state index contributed by atoms with van der Waals surface area (Å²) in [5.74, 6) is 0.126. The normalized spacial score (nSPS) is 13.9. The van der Waals surface area contributed by atoms with Crippen LogP contribution in [-0.2, 0) is 16.4 Å². The largest absolute Gasteiger partial charge is 0.304 e. The van der Waals surface area contributed by atoms with Gasteiger partial charge in [0.05, 0.1) is 21.5 Å². The molecule has 0 aromatic carbocycles. The summed E-state index contributed by atoms with van der Waals surface area (Å²) in [7, 11) is -3.01. The molecule has 0 aliphatic rings. The van der Waals surface area contributed by atoms with E-state index in [1.54, 1.807) is 16.7 Å². The Balaban J connectivity index is 2.23. The molecule has 0 aliphatic carbocycles. The summed E-state index contributed by atoms with van der Waals surface area (Å²) in [4.78, 5) is 6.57. The van der Waals surface area contributed by atoms with E-state index in [1.807, 2.05) is 20.0 Å². The Kier molecular flexibility index (Phi) is 5.37. The Labute approximate surface area is 140 Å². The van der Waals surface area contributed by atoms with Crippen LogP contribution in [0.15, 0.2) is 18.5 Å². The van der Waals surface area contributed by atoms with Crippen LogP contribution in [0.2, 0.25) is 10.0 Å². The molecule has 2 heterocycles. The highest BCUT2D eigenvalue weighted by Gasteiger charge is 2.19. The van der Waals surface area contributed by atoms with E-state index >= 15 is 0 Å². The molecule has 0 radical (unpaired) electrons. The van der Waals surface area contributed by atoms with Gasteiger partial charge in [-0.25, -0.2) is 13.4 Å². The number of sulfone groups is 1. The number of aromatic nitrogens is 2. The van der Waals surface area contributed by atoms with Gasteiger partial charge in [-0.15, -0.1) is 0 Å². The van der Waals surface area contributed by atoms with Crippen molar-refractivity contribution >= 4 is 38.7 Å². The van der Waals surface area contributed by atoms with E-state index < -0.39 is 9.84 Å². The summed E-state index contributed by atoms with van der Waals surface area (Å²) < 4.78 is 24.7. The lowest BCUT2D eigenvalue weighted by atomic mass is 10.3. The fourth-order valence-electron chi connectivity index (χ4n) is 2.48. The van der Waals surface area contributed by atoms with E-state index in [-0.39, 0.29) is 11.8 Å². The van der Waals surface area contributed by atoms with Crippen molar-refractivity contribution in [2.45, 2.75) is 26.4 Å². The molecule has 0 spiro atoms. The van der Waals surface area contributed by atoms with Gasteiger partial charge in [-0.2, -0.15) is 0 Å². The highest BCUT2D eigenvalue weighted by molar-refractivity contribution is 7.90. The summed E-state index contributed by atoms with van der Waals surface area (Å²) in [5, 5.41) is 1.03. The molecule has 0 bridgehead atoms. The van der Waals surface area contributed by atoms with Gasteiger partial charge in [-0.1, -0.05) is 30.1 Å². The highest BCUT2D eigenvalue weighted by atomic mass is 35.5. The summed E-state index contributed by atoms with van der Waals surface area (Å²) >= 11 is 12.1. The second-order valence-corrected chi connectivity index (χ2v) is 8.50. The van der Waals surface area contributed by atoms with Crippen LogP contribution in [0.5, 0.6) is 0 Å². The first-order valence-corrected chi connectivity index (χ1v) is 9.75. The van der Waals surface area contributed by atoms with E-state index in [0.29, 0.717) is 22.2 Å². The molecule has 122 valence electrons. The van der Waals surface area contributed by atoms with Crippen molar-refractivity contribution in [3.63, 3.8) is 0 Å². The predicted molar refractivity (Wildman–Crippen MR) is 90.5 cm³/mol. The van der Waals surface area contributed by atoms with Gasteiger partial charge in [0.2, 0.25) is 0 Å². The molecule has 0 amide bonds. The van der Waals surface area contributed by atoms with Crippen molar-refractivity contribution in [1.82, 2.24) is 14.3 Å². The van der Waals surface area contributed by atoms with Crippen molar-refractivity contribution < 1.29 is 8.42 Å². The third-order valence-corrected chi connectivity index (χ3v) is 5.03. The van der Waals surface area contributed by atoms with Gasteiger partial charge in [0.1, 0.15) is 9.84 Å². The van der Waals surface area contributed by atoms with Crippen LogP contribution < -0.4 is 0 Å². The average Bonchev–Trinajstić information content (AvgIpc) is 2.76. The molecule has 22 heavy (non-hydrogen) atoms. The molecule has 0 saturated heterocycles. The van der Waals surface area contributed by atoms with Crippen molar-refractivity contribution in [3.05, 3.63) is 34.2 Å². The van der Waals surface area contributed by atoms with Crippen molar-refractivity contribution in [1.29, 1.82) is 0 Å². The molecule has 1 atom stereocenters. The van der Waals surface area contributed by atoms with Crippen molar-refractivity contribution in [2.75, 3.05) is 18.6 Å². The van der Waals surface area contributed by atoms with Gasteiger partial charge in [-0.3, -0.25) is 4.90 Å². The zero-order chi connectivity index (χ0) is 16.5. The first-order chi connectivity index (χ1) is 10.2. The Hall–Kier alpha value is -0.820. The van der Waals surface area contributed by atoms with E-state index in [4.69, 9.17) is 23.2 Å². The van der Waals surface area contributed by atoms with Gasteiger partial charge in [0.25, 0.3) is 0 Å². The van der Waals surface area contributed by atoms with Crippen molar-refractivity contribution in [2.24, 2.45) is 0 Å². The van der Waals surface area contributed by atoms with Gasteiger partial charge >= 0.3 is 0 Å². The van der Waals surface area contributed by atoms with Crippen LogP contribution in [0.1, 0.15) is 19.5 Å². The summed E-state index contributed by atoms with van der Waals surface area (Å²) in [6.07, 6.45) is 4.86. The Bertz CT molecular complexity index is 774. The molecule has 5 nitrogen and oxygen atoms in total. The number of imidazole rings is 1. The molecule has 0 fully saturated rings. The van der Waals surface area contributed by atoms with Crippen LogP contribution in [0.3, 0.4) is 0 Å². The Morgan fingerprint density at radius 2 is 2.05 bits per heavy atom. The molecular weight excluding hydrogens is 345 g/mol. The Morgan fingerprint density at radius 3 is 2.64 bits per heavy atom. The first-order valence-electron chi connectivity index (χ1n) is 6.94. The second kappa shape index (κ2) is 6.74. The van der Waals surface area contributed by atoms with Gasteiger partial charge in [0.15, 0.2) is 5.65 Å². The fourth-order valence-corrected chi connectivity index (χ4v) is 4.10.